The summed E-state index contributed by atoms with van der Waals surface area (Å²) in [5.74, 6) is 0.692. The van der Waals surface area contributed by atoms with Gasteiger partial charge in [-0.05, 0) is 32.8 Å². The van der Waals surface area contributed by atoms with E-state index in [0.29, 0.717) is 19.0 Å². The summed E-state index contributed by atoms with van der Waals surface area (Å²) in [6.07, 6.45) is 0.983. The van der Waals surface area contributed by atoms with Crippen molar-refractivity contribution >= 4 is 21.6 Å². The van der Waals surface area contributed by atoms with Crippen LogP contribution >= 0.6 is 11.3 Å². The molecule has 3 heterocycles. The number of H-pyrrole nitrogens is 1. The zero-order valence-corrected chi connectivity index (χ0v) is 12.8. The number of nitrogens with zero attached hydrogens (tertiary/aromatic N) is 1. The third-order valence-corrected chi connectivity index (χ3v) is 5.09. The minimum absolute atomic E-state index is 0.0190. The van der Waals surface area contributed by atoms with Crippen LogP contribution in [0.4, 0.5) is 0 Å². The molecule has 3 rings (SSSR count). The van der Waals surface area contributed by atoms with Crippen molar-refractivity contribution in [1.82, 2.24) is 15.3 Å². The van der Waals surface area contributed by atoms with E-state index in [0.717, 1.165) is 33.7 Å². The molecule has 5 nitrogen and oxygen atoms in total. The number of aromatic amines is 1. The summed E-state index contributed by atoms with van der Waals surface area (Å²) in [5, 5.41) is 4.16. The van der Waals surface area contributed by atoms with Crippen LogP contribution in [0.25, 0.3) is 10.2 Å². The highest BCUT2D eigenvalue weighted by Crippen LogP contribution is 2.25. The van der Waals surface area contributed by atoms with E-state index in [2.05, 4.69) is 22.2 Å². The Bertz CT molecular complexity index is 698. The molecule has 0 bridgehead atoms. The van der Waals surface area contributed by atoms with Gasteiger partial charge in [-0.2, -0.15) is 0 Å². The highest BCUT2D eigenvalue weighted by Gasteiger charge is 2.29. The first kappa shape index (κ1) is 13.7. The number of aryl methyl sites for hydroxylation is 2. The molecule has 20 heavy (non-hydrogen) atoms. The summed E-state index contributed by atoms with van der Waals surface area (Å²) < 4.78 is 5.41. The number of ether oxygens (including phenoxy) is 1. The number of aromatic nitrogens is 2. The number of thiophene rings is 1. The predicted octanol–water partition coefficient (Wildman–Crippen LogP) is 1.87. The SMILES string of the molecule is Cc1sc2nc(CNC3(C)CCOC3)[nH]c(=O)c2c1C. The van der Waals surface area contributed by atoms with Crippen molar-refractivity contribution in [2.75, 3.05) is 13.2 Å². The van der Waals surface area contributed by atoms with Crippen molar-refractivity contribution in [3.8, 4) is 0 Å². The molecule has 2 N–H and O–H groups in total. The third-order valence-electron chi connectivity index (χ3n) is 3.99. The number of nitrogens with one attached hydrogen (secondary N) is 2. The van der Waals surface area contributed by atoms with E-state index >= 15 is 0 Å². The molecule has 0 spiro atoms. The van der Waals surface area contributed by atoms with Crippen molar-refractivity contribution in [3.63, 3.8) is 0 Å². The monoisotopic (exact) mass is 293 g/mol. The van der Waals surface area contributed by atoms with Gasteiger partial charge >= 0.3 is 0 Å². The van der Waals surface area contributed by atoms with Crippen LogP contribution in [-0.2, 0) is 11.3 Å². The molecular weight excluding hydrogens is 274 g/mol. The van der Waals surface area contributed by atoms with E-state index in [1.54, 1.807) is 11.3 Å². The Kier molecular flexibility index (Phi) is 3.40. The predicted molar refractivity (Wildman–Crippen MR) is 80.4 cm³/mol. The molecular formula is C14H19N3O2S. The Morgan fingerprint density at radius 3 is 3.00 bits per heavy atom. The van der Waals surface area contributed by atoms with Gasteiger partial charge < -0.3 is 15.0 Å². The number of hydrogen-bond acceptors (Lipinski definition) is 5. The second kappa shape index (κ2) is 4.95. The van der Waals surface area contributed by atoms with Crippen molar-refractivity contribution in [3.05, 3.63) is 26.6 Å². The Balaban J connectivity index is 1.87. The summed E-state index contributed by atoms with van der Waals surface area (Å²) in [5.41, 5.74) is 0.977. The summed E-state index contributed by atoms with van der Waals surface area (Å²) in [6.45, 7) is 8.18. The molecule has 2 aromatic rings. The molecule has 1 fully saturated rings. The molecule has 1 atom stereocenters. The fourth-order valence-electron chi connectivity index (χ4n) is 2.49. The molecule has 0 aromatic carbocycles. The third kappa shape index (κ3) is 2.39. The Morgan fingerprint density at radius 1 is 1.50 bits per heavy atom. The average Bonchev–Trinajstić information content (AvgIpc) is 2.94. The second-order valence-corrected chi connectivity index (χ2v) is 6.90. The van der Waals surface area contributed by atoms with E-state index in [-0.39, 0.29) is 11.1 Å². The van der Waals surface area contributed by atoms with Gasteiger partial charge in [0.25, 0.3) is 5.56 Å². The van der Waals surface area contributed by atoms with Crippen LogP contribution in [-0.4, -0.2) is 28.7 Å². The fraction of sp³-hybridized carbons (Fsp3) is 0.571. The first-order chi connectivity index (χ1) is 9.48. The van der Waals surface area contributed by atoms with E-state index in [1.165, 1.54) is 0 Å². The lowest BCUT2D eigenvalue weighted by Gasteiger charge is -2.23. The normalized spacial score (nSPS) is 22.8. The first-order valence-electron chi connectivity index (χ1n) is 6.80. The summed E-state index contributed by atoms with van der Waals surface area (Å²) in [6, 6.07) is 0. The zero-order valence-electron chi connectivity index (χ0n) is 12.0. The van der Waals surface area contributed by atoms with Crippen LogP contribution in [0.5, 0.6) is 0 Å². The lowest BCUT2D eigenvalue weighted by Crippen LogP contribution is -2.42. The van der Waals surface area contributed by atoms with Gasteiger partial charge in [-0.1, -0.05) is 0 Å². The summed E-state index contributed by atoms with van der Waals surface area (Å²) in [4.78, 5) is 21.6. The zero-order chi connectivity index (χ0) is 14.3. The van der Waals surface area contributed by atoms with Crippen LogP contribution in [0.2, 0.25) is 0 Å². The smallest absolute Gasteiger partial charge is 0.259 e. The van der Waals surface area contributed by atoms with E-state index < -0.39 is 0 Å². The Morgan fingerprint density at radius 2 is 2.30 bits per heavy atom. The van der Waals surface area contributed by atoms with Crippen LogP contribution in [0.1, 0.15) is 29.6 Å². The quantitative estimate of drug-likeness (QED) is 0.906. The molecule has 2 aromatic heterocycles. The summed E-state index contributed by atoms with van der Waals surface area (Å²) >= 11 is 1.58. The van der Waals surface area contributed by atoms with E-state index in [4.69, 9.17) is 4.74 Å². The van der Waals surface area contributed by atoms with Crippen LogP contribution in [0, 0.1) is 13.8 Å². The van der Waals surface area contributed by atoms with Gasteiger partial charge in [0.15, 0.2) is 0 Å². The Hall–Kier alpha value is -1.24. The molecule has 1 unspecified atom stereocenters. The number of rotatable bonds is 3. The molecule has 0 saturated carbocycles. The topological polar surface area (TPSA) is 67.0 Å². The molecule has 0 aliphatic carbocycles. The van der Waals surface area contributed by atoms with Crippen molar-refractivity contribution in [1.29, 1.82) is 0 Å². The summed E-state index contributed by atoms with van der Waals surface area (Å²) in [7, 11) is 0. The van der Waals surface area contributed by atoms with Crippen LogP contribution in [0.15, 0.2) is 4.79 Å². The highest BCUT2D eigenvalue weighted by molar-refractivity contribution is 7.18. The van der Waals surface area contributed by atoms with Gasteiger partial charge in [-0.25, -0.2) is 4.98 Å². The molecule has 1 aliphatic heterocycles. The molecule has 0 radical (unpaired) electrons. The van der Waals surface area contributed by atoms with Gasteiger partial charge in [-0.3, -0.25) is 4.79 Å². The maximum atomic E-state index is 12.2. The second-order valence-electron chi connectivity index (χ2n) is 5.69. The lowest BCUT2D eigenvalue weighted by molar-refractivity contribution is 0.171. The van der Waals surface area contributed by atoms with Gasteiger partial charge in [0.1, 0.15) is 10.7 Å². The van der Waals surface area contributed by atoms with Crippen LogP contribution in [0.3, 0.4) is 0 Å². The Labute approximate surface area is 121 Å². The minimum Gasteiger partial charge on any atom is -0.379 e. The van der Waals surface area contributed by atoms with Gasteiger partial charge in [-0.15, -0.1) is 11.3 Å². The molecule has 1 saturated heterocycles. The number of hydrogen-bond donors (Lipinski definition) is 2. The fourth-order valence-corrected chi connectivity index (χ4v) is 3.54. The first-order valence-corrected chi connectivity index (χ1v) is 7.62. The standard InChI is InChI=1S/C14H19N3O2S/c1-8-9(2)20-13-11(8)12(18)16-10(17-13)6-15-14(3)4-5-19-7-14/h15H,4-7H2,1-3H3,(H,16,17,18). The van der Waals surface area contributed by atoms with Gasteiger partial charge in [0.2, 0.25) is 0 Å². The van der Waals surface area contributed by atoms with Crippen molar-refractivity contribution < 1.29 is 4.74 Å². The molecule has 6 heteroatoms. The van der Waals surface area contributed by atoms with Gasteiger partial charge in [0, 0.05) is 17.0 Å². The molecule has 0 amide bonds. The highest BCUT2D eigenvalue weighted by atomic mass is 32.1. The van der Waals surface area contributed by atoms with Gasteiger partial charge in [0.05, 0.1) is 18.5 Å². The van der Waals surface area contributed by atoms with Crippen molar-refractivity contribution in [2.45, 2.75) is 39.3 Å². The maximum Gasteiger partial charge on any atom is 0.259 e. The van der Waals surface area contributed by atoms with E-state index in [1.807, 2.05) is 13.8 Å². The average molecular weight is 293 g/mol. The van der Waals surface area contributed by atoms with Crippen molar-refractivity contribution in [2.24, 2.45) is 0 Å². The number of fused-ring (bicyclic) bond motifs is 1. The molecule has 1 aliphatic rings. The molecule has 108 valence electrons. The maximum absolute atomic E-state index is 12.2. The minimum atomic E-state index is -0.0403. The lowest BCUT2D eigenvalue weighted by atomic mass is 10.0. The van der Waals surface area contributed by atoms with E-state index in [9.17, 15) is 4.79 Å². The van der Waals surface area contributed by atoms with Crippen LogP contribution < -0.4 is 10.9 Å². The largest absolute Gasteiger partial charge is 0.379 e.